The van der Waals surface area contributed by atoms with E-state index in [0.29, 0.717) is 13.0 Å². The Kier molecular flexibility index (Phi) is 4.50. The van der Waals surface area contributed by atoms with Crippen LogP contribution in [-0.2, 0) is 11.3 Å². The minimum absolute atomic E-state index is 0.552. The summed E-state index contributed by atoms with van der Waals surface area (Å²) in [4.78, 5) is 11.1. The Balaban J connectivity index is 2.66. The predicted molar refractivity (Wildman–Crippen MR) is 67.3 cm³/mol. The lowest BCUT2D eigenvalue weighted by atomic mass is 9.99. The van der Waals surface area contributed by atoms with Gasteiger partial charge < -0.3 is 5.11 Å². The molecule has 88 valence electrons. The Morgan fingerprint density at radius 1 is 1.56 bits per heavy atom. The van der Waals surface area contributed by atoms with Gasteiger partial charge in [-0.15, -0.1) is 0 Å². The van der Waals surface area contributed by atoms with Gasteiger partial charge in [-0.1, -0.05) is 35.0 Å². The Bertz CT molecular complexity index is 381. The molecule has 1 unspecified atom stereocenters. The summed E-state index contributed by atoms with van der Waals surface area (Å²) >= 11 is 3.38. The van der Waals surface area contributed by atoms with E-state index in [1.54, 1.807) is 6.92 Å². The summed E-state index contributed by atoms with van der Waals surface area (Å²) in [6.07, 6.45) is 0.552. The van der Waals surface area contributed by atoms with Crippen molar-refractivity contribution in [3.05, 3.63) is 34.3 Å². The number of halogens is 1. The van der Waals surface area contributed by atoms with Crippen molar-refractivity contribution >= 4 is 21.9 Å². The molecule has 2 N–H and O–H groups in total. The van der Waals surface area contributed by atoms with E-state index >= 15 is 0 Å². The first-order chi connectivity index (χ1) is 7.48. The molecule has 0 radical (unpaired) electrons. The highest BCUT2D eigenvalue weighted by Crippen LogP contribution is 2.14. The standard InChI is InChI=1S/C12H16BrNO2/c1-3-12(2,11(15)16)14-8-9-5-4-6-10(13)7-9/h4-7,14H,3,8H2,1-2H3,(H,15,16). The monoisotopic (exact) mass is 285 g/mol. The van der Waals surface area contributed by atoms with Crippen molar-refractivity contribution < 1.29 is 9.90 Å². The fourth-order valence-corrected chi connectivity index (χ4v) is 1.74. The second-order valence-electron chi connectivity index (χ2n) is 3.97. The third-order valence-corrected chi connectivity index (χ3v) is 3.24. The number of aliphatic carboxylic acids is 1. The van der Waals surface area contributed by atoms with Crippen LogP contribution in [0.1, 0.15) is 25.8 Å². The van der Waals surface area contributed by atoms with E-state index in [4.69, 9.17) is 5.11 Å². The van der Waals surface area contributed by atoms with Crippen molar-refractivity contribution in [2.24, 2.45) is 0 Å². The lowest BCUT2D eigenvalue weighted by Gasteiger charge is -2.24. The molecule has 0 aliphatic rings. The van der Waals surface area contributed by atoms with Crippen LogP contribution in [0.15, 0.2) is 28.7 Å². The lowest BCUT2D eigenvalue weighted by Crippen LogP contribution is -2.48. The third-order valence-electron chi connectivity index (χ3n) is 2.75. The molecule has 0 aromatic heterocycles. The molecule has 16 heavy (non-hydrogen) atoms. The summed E-state index contributed by atoms with van der Waals surface area (Å²) in [5.74, 6) is -0.815. The van der Waals surface area contributed by atoms with E-state index in [1.165, 1.54) is 0 Å². The maximum Gasteiger partial charge on any atom is 0.323 e. The van der Waals surface area contributed by atoms with Crippen LogP contribution in [0.5, 0.6) is 0 Å². The average Bonchev–Trinajstić information content (AvgIpc) is 2.26. The maximum absolute atomic E-state index is 11.1. The van der Waals surface area contributed by atoms with Crippen LogP contribution in [0, 0.1) is 0 Å². The van der Waals surface area contributed by atoms with Crippen molar-refractivity contribution in [1.82, 2.24) is 5.32 Å². The summed E-state index contributed by atoms with van der Waals surface area (Å²) in [5, 5.41) is 12.2. The second kappa shape index (κ2) is 5.46. The molecule has 0 bridgehead atoms. The molecule has 1 aromatic rings. The summed E-state index contributed by atoms with van der Waals surface area (Å²) in [6, 6.07) is 7.82. The van der Waals surface area contributed by atoms with Gasteiger partial charge in [0, 0.05) is 11.0 Å². The molecule has 0 spiro atoms. The van der Waals surface area contributed by atoms with E-state index in [0.717, 1.165) is 10.0 Å². The maximum atomic E-state index is 11.1. The van der Waals surface area contributed by atoms with Gasteiger partial charge in [-0.25, -0.2) is 0 Å². The third kappa shape index (κ3) is 3.32. The molecule has 0 saturated carbocycles. The normalized spacial score (nSPS) is 14.4. The highest BCUT2D eigenvalue weighted by molar-refractivity contribution is 9.10. The first-order valence-electron chi connectivity index (χ1n) is 5.21. The van der Waals surface area contributed by atoms with Crippen LogP contribution in [0.2, 0.25) is 0 Å². The molecule has 1 aromatic carbocycles. The van der Waals surface area contributed by atoms with Gasteiger partial charge in [-0.3, -0.25) is 10.1 Å². The second-order valence-corrected chi connectivity index (χ2v) is 4.89. The van der Waals surface area contributed by atoms with Crippen molar-refractivity contribution in [1.29, 1.82) is 0 Å². The van der Waals surface area contributed by atoms with Crippen LogP contribution in [0.25, 0.3) is 0 Å². The van der Waals surface area contributed by atoms with E-state index < -0.39 is 11.5 Å². The van der Waals surface area contributed by atoms with Crippen LogP contribution in [0.4, 0.5) is 0 Å². The molecular weight excluding hydrogens is 270 g/mol. The summed E-state index contributed by atoms with van der Waals surface area (Å²) in [5.41, 5.74) is 0.206. The predicted octanol–water partition coefficient (Wildman–Crippen LogP) is 2.79. The zero-order chi connectivity index (χ0) is 12.2. The summed E-state index contributed by atoms with van der Waals surface area (Å²) < 4.78 is 1.00. The van der Waals surface area contributed by atoms with E-state index in [9.17, 15) is 4.79 Å². The SMILES string of the molecule is CCC(C)(NCc1cccc(Br)c1)C(=O)O. The molecule has 1 rings (SSSR count). The van der Waals surface area contributed by atoms with Crippen LogP contribution < -0.4 is 5.32 Å². The zero-order valence-corrected chi connectivity index (χ0v) is 11.0. The molecule has 0 fully saturated rings. The Hall–Kier alpha value is -0.870. The molecular formula is C12H16BrNO2. The number of hydrogen-bond donors (Lipinski definition) is 2. The largest absolute Gasteiger partial charge is 0.480 e. The van der Waals surface area contributed by atoms with Gasteiger partial charge in [-0.2, -0.15) is 0 Å². The van der Waals surface area contributed by atoms with Gasteiger partial charge in [0.2, 0.25) is 0 Å². The molecule has 4 heteroatoms. The van der Waals surface area contributed by atoms with Crippen LogP contribution in [0.3, 0.4) is 0 Å². The summed E-state index contributed by atoms with van der Waals surface area (Å²) in [7, 11) is 0. The quantitative estimate of drug-likeness (QED) is 0.875. The number of nitrogens with one attached hydrogen (secondary N) is 1. The van der Waals surface area contributed by atoms with Crippen molar-refractivity contribution in [3.8, 4) is 0 Å². The smallest absolute Gasteiger partial charge is 0.323 e. The fourth-order valence-electron chi connectivity index (χ4n) is 1.30. The molecule has 0 heterocycles. The first kappa shape index (κ1) is 13.2. The zero-order valence-electron chi connectivity index (χ0n) is 9.46. The van der Waals surface area contributed by atoms with Gasteiger partial charge in [0.05, 0.1) is 0 Å². The van der Waals surface area contributed by atoms with Crippen LogP contribution in [-0.4, -0.2) is 16.6 Å². The number of hydrogen-bond acceptors (Lipinski definition) is 2. The number of carboxylic acid groups (broad SMARTS) is 1. The Morgan fingerprint density at radius 2 is 2.25 bits per heavy atom. The highest BCUT2D eigenvalue weighted by atomic mass is 79.9. The molecule has 0 aliphatic heterocycles. The molecule has 0 aliphatic carbocycles. The minimum atomic E-state index is -0.859. The van der Waals surface area contributed by atoms with Crippen LogP contribution >= 0.6 is 15.9 Å². The number of rotatable bonds is 5. The van der Waals surface area contributed by atoms with Gasteiger partial charge in [0.1, 0.15) is 5.54 Å². The molecule has 3 nitrogen and oxygen atoms in total. The molecule has 1 atom stereocenters. The van der Waals surface area contributed by atoms with E-state index in [2.05, 4.69) is 21.2 Å². The lowest BCUT2D eigenvalue weighted by molar-refractivity contribution is -0.144. The van der Waals surface area contributed by atoms with E-state index in [-0.39, 0.29) is 0 Å². The molecule has 0 amide bonds. The first-order valence-corrected chi connectivity index (χ1v) is 6.00. The van der Waals surface area contributed by atoms with Crippen molar-refractivity contribution in [3.63, 3.8) is 0 Å². The van der Waals surface area contributed by atoms with Gasteiger partial charge in [0.15, 0.2) is 0 Å². The average molecular weight is 286 g/mol. The highest BCUT2D eigenvalue weighted by Gasteiger charge is 2.29. The number of carboxylic acids is 1. The Morgan fingerprint density at radius 3 is 2.75 bits per heavy atom. The Labute approximate surface area is 104 Å². The fraction of sp³-hybridized carbons (Fsp3) is 0.417. The topological polar surface area (TPSA) is 49.3 Å². The van der Waals surface area contributed by atoms with Crippen molar-refractivity contribution in [2.45, 2.75) is 32.4 Å². The van der Waals surface area contributed by atoms with Gasteiger partial charge in [-0.05, 0) is 31.0 Å². The van der Waals surface area contributed by atoms with Gasteiger partial charge in [0.25, 0.3) is 0 Å². The van der Waals surface area contributed by atoms with Gasteiger partial charge >= 0.3 is 5.97 Å². The molecule has 0 saturated heterocycles. The summed E-state index contributed by atoms with van der Waals surface area (Å²) in [6.45, 7) is 4.12. The van der Waals surface area contributed by atoms with Crippen molar-refractivity contribution in [2.75, 3.05) is 0 Å². The number of carbonyl (C=O) groups is 1. The minimum Gasteiger partial charge on any atom is -0.480 e. The number of benzene rings is 1. The van der Waals surface area contributed by atoms with E-state index in [1.807, 2.05) is 31.2 Å².